The molecule has 0 spiro atoms. The lowest BCUT2D eigenvalue weighted by atomic mass is 9.94. The van der Waals surface area contributed by atoms with E-state index in [0.29, 0.717) is 29.4 Å². The van der Waals surface area contributed by atoms with E-state index in [-0.39, 0.29) is 18.5 Å². The number of urea groups is 1. The van der Waals surface area contributed by atoms with Gasteiger partial charge in [-0.2, -0.15) is 0 Å². The molecule has 3 aromatic rings. The number of hydrogen-bond donors (Lipinski definition) is 2. The van der Waals surface area contributed by atoms with Crippen molar-refractivity contribution >= 4 is 23.6 Å². The Hall–Kier alpha value is -3.51. The molecule has 0 unspecified atom stereocenters. The van der Waals surface area contributed by atoms with Crippen LogP contribution in [0.5, 0.6) is 5.75 Å². The number of carbonyl (C=O) groups excluding carboxylic acids is 1. The van der Waals surface area contributed by atoms with Gasteiger partial charge in [0.1, 0.15) is 5.75 Å². The molecule has 184 valence electrons. The van der Waals surface area contributed by atoms with E-state index in [1.807, 2.05) is 63.2 Å². The number of carboxylic acids is 1. The van der Waals surface area contributed by atoms with Gasteiger partial charge < -0.3 is 20.1 Å². The van der Waals surface area contributed by atoms with Crippen LogP contribution in [-0.2, 0) is 17.8 Å². The molecule has 3 aromatic carbocycles. The number of carbonyl (C=O) groups is 2. The SMILES string of the molecule is CCN(Cc1cc(C)ccc1-c1cc(CC(=O)O)ccc1OC)C(=O)N[C@@H](C)c1ccc(Cl)cc1. The van der Waals surface area contributed by atoms with Gasteiger partial charge in [0, 0.05) is 23.7 Å². The summed E-state index contributed by atoms with van der Waals surface area (Å²) in [4.78, 5) is 26.2. The lowest BCUT2D eigenvalue weighted by molar-refractivity contribution is -0.136. The number of nitrogens with zero attached hydrogens (tertiary/aromatic N) is 1. The number of carboxylic acid groups (broad SMARTS) is 1. The molecular formula is C28H31ClN2O4. The van der Waals surface area contributed by atoms with Crippen molar-refractivity contribution in [3.8, 4) is 16.9 Å². The third-order valence-electron chi connectivity index (χ3n) is 5.91. The number of aryl methyl sites for hydroxylation is 1. The van der Waals surface area contributed by atoms with Crippen LogP contribution >= 0.6 is 11.6 Å². The lowest BCUT2D eigenvalue weighted by Crippen LogP contribution is -2.40. The van der Waals surface area contributed by atoms with Crippen molar-refractivity contribution in [3.63, 3.8) is 0 Å². The first kappa shape index (κ1) is 26.1. The Morgan fingerprint density at radius 3 is 2.40 bits per heavy atom. The van der Waals surface area contributed by atoms with Crippen molar-refractivity contribution in [2.45, 2.75) is 39.8 Å². The van der Waals surface area contributed by atoms with Gasteiger partial charge in [-0.1, -0.05) is 53.6 Å². The third kappa shape index (κ3) is 6.76. The van der Waals surface area contributed by atoms with Gasteiger partial charge in [-0.15, -0.1) is 0 Å². The first-order valence-electron chi connectivity index (χ1n) is 11.5. The predicted octanol–water partition coefficient (Wildman–Crippen LogP) is 6.24. The zero-order valence-corrected chi connectivity index (χ0v) is 21.2. The maximum Gasteiger partial charge on any atom is 0.318 e. The molecule has 0 saturated carbocycles. The smallest absolute Gasteiger partial charge is 0.318 e. The third-order valence-corrected chi connectivity index (χ3v) is 6.16. The highest BCUT2D eigenvalue weighted by atomic mass is 35.5. The second-order valence-corrected chi connectivity index (χ2v) is 8.94. The van der Waals surface area contributed by atoms with Gasteiger partial charge in [0.2, 0.25) is 0 Å². The quantitative estimate of drug-likeness (QED) is 0.369. The maximum atomic E-state index is 13.2. The Morgan fingerprint density at radius 2 is 1.77 bits per heavy atom. The van der Waals surface area contributed by atoms with E-state index in [2.05, 4.69) is 11.4 Å². The van der Waals surface area contributed by atoms with Gasteiger partial charge in [0.15, 0.2) is 0 Å². The second-order valence-electron chi connectivity index (χ2n) is 8.50. The molecule has 2 N–H and O–H groups in total. The molecule has 0 aliphatic carbocycles. The summed E-state index contributed by atoms with van der Waals surface area (Å²) in [6.07, 6.45) is -0.0791. The van der Waals surface area contributed by atoms with Crippen LogP contribution in [0.2, 0.25) is 5.02 Å². The van der Waals surface area contributed by atoms with Crippen molar-refractivity contribution in [3.05, 3.63) is 87.9 Å². The normalized spacial score (nSPS) is 11.6. The summed E-state index contributed by atoms with van der Waals surface area (Å²) >= 11 is 5.99. The monoisotopic (exact) mass is 494 g/mol. The topological polar surface area (TPSA) is 78.9 Å². The van der Waals surface area contributed by atoms with E-state index in [9.17, 15) is 14.7 Å². The van der Waals surface area contributed by atoms with E-state index in [1.165, 1.54) is 0 Å². The fourth-order valence-electron chi connectivity index (χ4n) is 4.01. The van der Waals surface area contributed by atoms with Crippen LogP contribution in [0, 0.1) is 6.92 Å². The summed E-state index contributed by atoms with van der Waals surface area (Å²) in [5, 5.41) is 13.0. The highest BCUT2D eigenvalue weighted by molar-refractivity contribution is 6.30. The first-order valence-corrected chi connectivity index (χ1v) is 11.9. The van der Waals surface area contributed by atoms with Crippen LogP contribution in [0.15, 0.2) is 60.7 Å². The summed E-state index contributed by atoms with van der Waals surface area (Å²) in [5.74, 6) is -0.248. The van der Waals surface area contributed by atoms with Gasteiger partial charge in [-0.05, 0) is 67.3 Å². The van der Waals surface area contributed by atoms with Gasteiger partial charge in [-0.3, -0.25) is 4.79 Å². The Bertz CT molecular complexity index is 1190. The molecule has 0 bridgehead atoms. The number of hydrogen-bond acceptors (Lipinski definition) is 3. The van der Waals surface area contributed by atoms with Crippen molar-refractivity contribution < 1.29 is 19.4 Å². The molecule has 7 heteroatoms. The zero-order chi connectivity index (χ0) is 25.5. The number of ether oxygens (including phenoxy) is 1. The molecule has 35 heavy (non-hydrogen) atoms. The molecule has 0 aliphatic heterocycles. The molecular weight excluding hydrogens is 464 g/mol. The van der Waals surface area contributed by atoms with Crippen LogP contribution < -0.4 is 10.1 Å². The molecule has 0 fully saturated rings. The molecule has 1 atom stereocenters. The number of methoxy groups -OCH3 is 1. The van der Waals surface area contributed by atoms with Crippen molar-refractivity contribution in [2.75, 3.05) is 13.7 Å². The van der Waals surface area contributed by atoms with Crippen LogP contribution in [0.1, 0.15) is 42.1 Å². The fourth-order valence-corrected chi connectivity index (χ4v) is 4.14. The van der Waals surface area contributed by atoms with Gasteiger partial charge in [-0.25, -0.2) is 4.79 Å². The van der Waals surface area contributed by atoms with Crippen LogP contribution in [-0.4, -0.2) is 35.7 Å². The molecule has 2 amide bonds. The Morgan fingerprint density at radius 1 is 1.06 bits per heavy atom. The van der Waals surface area contributed by atoms with E-state index in [0.717, 1.165) is 27.8 Å². The van der Waals surface area contributed by atoms with Crippen molar-refractivity contribution in [1.29, 1.82) is 0 Å². The average Bonchev–Trinajstić information content (AvgIpc) is 2.82. The Kier molecular flexibility index (Phi) is 8.77. The Balaban J connectivity index is 1.90. The van der Waals surface area contributed by atoms with Crippen LogP contribution in [0.3, 0.4) is 0 Å². The number of benzene rings is 3. The number of amides is 2. The van der Waals surface area contributed by atoms with E-state index >= 15 is 0 Å². The van der Waals surface area contributed by atoms with E-state index in [4.69, 9.17) is 16.3 Å². The summed E-state index contributed by atoms with van der Waals surface area (Å²) in [6, 6.07) is 18.5. The largest absolute Gasteiger partial charge is 0.496 e. The number of rotatable bonds is 9. The minimum Gasteiger partial charge on any atom is -0.496 e. The molecule has 0 heterocycles. The molecule has 0 radical (unpaired) electrons. The Labute approximate surface area is 211 Å². The maximum absolute atomic E-state index is 13.2. The lowest BCUT2D eigenvalue weighted by Gasteiger charge is -2.26. The van der Waals surface area contributed by atoms with E-state index in [1.54, 1.807) is 24.1 Å². The standard InChI is InChI=1S/C28H31ClN2O4/c1-5-31(28(34)30-19(3)21-8-10-23(29)11-9-21)17-22-14-18(2)6-12-24(22)25-15-20(16-27(32)33)7-13-26(25)35-4/h6-15,19H,5,16-17H2,1-4H3,(H,30,34)(H,32,33)/t19-/m0/s1. The molecule has 0 aliphatic rings. The average molecular weight is 495 g/mol. The number of nitrogens with one attached hydrogen (secondary N) is 1. The van der Waals surface area contributed by atoms with Crippen molar-refractivity contribution in [1.82, 2.24) is 10.2 Å². The zero-order valence-electron chi connectivity index (χ0n) is 20.5. The predicted molar refractivity (Wildman–Crippen MR) is 139 cm³/mol. The van der Waals surface area contributed by atoms with Gasteiger partial charge in [0.05, 0.1) is 19.6 Å². The summed E-state index contributed by atoms with van der Waals surface area (Å²) in [7, 11) is 1.59. The first-order chi connectivity index (χ1) is 16.7. The molecule has 6 nitrogen and oxygen atoms in total. The fraction of sp³-hybridized carbons (Fsp3) is 0.286. The summed E-state index contributed by atoms with van der Waals surface area (Å²) in [6.45, 7) is 6.79. The van der Waals surface area contributed by atoms with Crippen LogP contribution in [0.4, 0.5) is 4.79 Å². The molecule has 3 rings (SSSR count). The highest BCUT2D eigenvalue weighted by Gasteiger charge is 2.19. The van der Waals surface area contributed by atoms with Gasteiger partial charge in [0.25, 0.3) is 0 Å². The van der Waals surface area contributed by atoms with Crippen molar-refractivity contribution in [2.24, 2.45) is 0 Å². The summed E-state index contributed by atoms with van der Waals surface area (Å²) < 4.78 is 5.58. The minimum absolute atomic E-state index is 0.0791. The number of aliphatic carboxylic acids is 1. The highest BCUT2D eigenvalue weighted by Crippen LogP contribution is 2.34. The van der Waals surface area contributed by atoms with Crippen LogP contribution in [0.25, 0.3) is 11.1 Å². The minimum atomic E-state index is -0.895. The second kappa shape index (κ2) is 11.8. The number of halogens is 1. The summed E-state index contributed by atoms with van der Waals surface area (Å²) in [5.41, 5.74) is 5.36. The van der Waals surface area contributed by atoms with E-state index < -0.39 is 5.97 Å². The van der Waals surface area contributed by atoms with Gasteiger partial charge >= 0.3 is 12.0 Å². The molecule has 0 saturated heterocycles. The molecule has 0 aromatic heterocycles.